The van der Waals surface area contributed by atoms with E-state index in [0.717, 1.165) is 31.9 Å². The lowest BCUT2D eigenvalue weighted by molar-refractivity contribution is -0.0778. The Hall–Kier alpha value is -1.23. The summed E-state index contributed by atoms with van der Waals surface area (Å²) in [5.74, 6) is 0. The molecule has 2 unspecified atom stereocenters. The molecule has 1 aromatic carbocycles. The van der Waals surface area contributed by atoms with Gasteiger partial charge in [0.15, 0.2) is 0 Å². The Morgan fingerprint density at radius 1 is 1.04 bits per heavy atom. The number of piperazine rings is 1. The molecule has 3 saturated heterocycles. The molecule has 3 aliphatic rings. The molecule has 0 radical (unpaired) electrons. The van der Waals surface area contributed by atoms with Crippen molar-refractivity contribution in [1.82, 2.24) is 14.8 Å². The number of aryl methyl sites for hydroxylation is 1. The minimum absolute atomic E-state index is 0.700. The Balaban J connectivity index is 1.38. The minimum Gasteiger partial charge on any atom is -0.294 e. The minimum atomic E-state index is 0.700. The highest BCUT2D eigenvalue weighted by atomic mass is 79.9. The fraction of sp³-hybridized carbons (Fsp3) is 0.421. The van der Waals surface area contributed by atoms with E-state index in [2.05, 4.69) is 80.1 Å². The van der Waals surface area contributed by atoms with Crippen LogP contribution in [0, 0.1) is 6.92 Å². The molecule has 23 heavy (non-hydrogen) atoms. The predicted octanol–water partition coefficient (Wildman–Crippen LogP) is 3.61. The van der Waals surface area contributed by atoms with Gasteiger partial charge >= 0.3 is 0 Å². The van der Waals surface area contributed by atoms with Crippen molar-refractivity contribution in [3.63, 3.8) is 0 Å². The van der Waals surface area contributed by atoms with Crippen LogP contribution in [0.25, 0.3) is 0 Å². The van der Waals surface area contributed by atoms with Gasteiger partial charge in [-0.05, 0) is 37.1 Å². The number of hydrogen-bond acceptors (Lipinski definition) is 3. The van der Waals surface area contributed by atoms with Gasteiger partial charge in [0.1, 0.15) is 0 Å². The molecule has 0 N–H and O–H groups in total. The molecule has 2 bridgehead atoms. The van der Waals surface area contributed by atoms with Crippen LogP contribution < -0.4 is 0 Å². The first-order valence-corrected chi connectivity index (χ1v) is 9.12. The van der Waals surface area contributed by atoms with Crippen LogP contribution in [-0.2, 0) is 13.1 Å². The Morgan fingerprint density at radius 2 is 1.83 bits per heavy atom. The Kier molecular flexibility index (Phi) is 4.22. The van der Waals surface area contributed by atoms with Crippen molar-refractivity contribution in [2.24, 2.45) is 0 Å². The summed E-state index contributed by atoms with van der Waals surface area (Å²) in [5, 5.41) is 0. The normalized spacial score (nSPS) is 24.4. The van der Waals surface area contributed by atoms with Crippen molar-refractivity contribution in [3.8, 4) is 0 Å². The lowest BCUT2D eigenvalue weighted by atomic mass is 9.86. The first kappa shape index (κ1) is 15.3. The van der Waals surface area contributed by atoms with Crippen LogP contribution in [0.15, 0.2) is 46.9 Å². The van der Waals surface area contributed by atoms with Crippen molar-refractivity contribution >= 4 is 15.9 Å². The van der Waals surface area contributed by atoms with E-state index in [1.54, 1.807) is 0 Å². The highest BCUT2D eigenvalue weighted by Crippen LogP contribution is 2.35. The van der Waals surface area contributed by atoms with E-state index >= 15 is 0 Å². The molecule has 3 fully saturated rings. The molecule has 1 aromatic heterocycles. The van der Waals surface area contributed by atoms with Crippen LogP contribution in [0.5, 0.6) is 0 Å². The summed E-state index contributed by atoms with van der Waals surface area (Å²) in [6.45, 7) is 6.44. The van der Waals surface area contributed by atoms with Gasteiger partial charge in [-0.3, -0.25) is 14.8 Å². The number of nitrogens with zero attached hydrogens (tertiary/aromatic N) is 3. The van der Waals surface area contributed by atoms with Crippen molar-refractivity contribution < 1.29 is 0 Å². The summed E-state index contributed by atoms with van der Waals surface area (Å²) in [6.07, 6.45) is 1.35. The van der Waals surface area contributed by atoms with Gasteiger partial charge in [-0.1, -0.05) is 40.2 Å². The van der Waals surface area contributed by atoms with Gasteiger partial charge in [0.2, 0.25) is 0 Å². The highest BCUT2D eigenvalue weighted by Gasteiger charge is 2.44. The molecule has 4 heterocycles. The highest BCUT2D eigenvalue weighted by molar-refractivity contribution is 9.10. The summed E-state index contributed by atoms with van der Waals surface area (Å²) < 4.78 is 1.23. The van der Waals surface area contributed by atoms with Crippen LogP contribution in [0.4, 0.5) is 0 Å². The number of pyridine rings is 1. The second-order valence-corrected chi connectivity index (χ2v) is 7.63. The molecule has 3 nitrogen and oxygen atoms in total. The molecule has 4 heteroatoms. The molecule has 120 valence electrons. The van der Waals surface area contributed by atoms with Gasteiger partial charge in [-0.2, -0.15) is 0 Å². The van der Waals surface area contributed by atoms with Crippen molar-refractivity contribution in [2.45, 2.75) is 38.5 Å². The molecule has 2 atom stereocenters. The maximum atomic E-state index is 4.64. The van der Waals surface area contributed by atoms with Crippen LogP contribution in [0.3, 0.4) is 0 Å². The zero-order valence-electron chi connectivity index (χ0n) is 13.5. The monoisotopic (exact) mass is 371 g/mol. The fourth-order valence-corrected chi connectivity index (χ4v) is 4.31. The second kappa shape index (κ2) is 6.34. The molecule has 3 aliphatic heterocycles. The summed E-state index contributed by atoms with van der Waals surface area (Å²) in [5.41, 5.74) is 3.71. The van der Waals surface area contributed by atoms with Gasteiger partial charge in [-0.15, -0.1) is 0 Å². The number of hydrogen-bond donors (Lipinski definition) is 0. The summed E-state index contributed by atoms with van der Waals surface area (Å²) in [6, 6.07) is 16.3. The molecule has 0 spiro atoms. The largest absolute Gasteiger partial charge is 0.294 e. The zero-order chi connectivity index (χ0) is 15.8. The van der Waals surface area contributed by atoms with Crippen molar-refractivity contribution in [3.05, 3.63) is 63.9 Å². The quantitative estimate of drug-likeness (QED) is 0.818. The van der Waals surface area contributed by atoms with Gasteiger partial charge < -0.3 is 0 Å². The number of fused-ring (bicyclic) bond motifs is 2. The molecule has 0 aliphatic carbocycles. The summed E-state index contributed by atoms with van der Waals surface area (Å²) >= 11 is 3.68. The van der Waals surface area contributed by atoms with E-state index in [9.17, 15) is 0 Å². The van der Waals surface area contributed by atoms with Crippen molar-refractivity contribution in [1.29, 1.82) is 0 Å². The van der Waals surface area contributed by atoms with Crippen LogP contribution in [-0.4, -0.2) is 40.0 Å². The average Bonchev–Trinajstić information content (AvgIpc) is 2.54. The SMILES string of the molecule is Cc1cccc(CN2CC3CC(C2)N3Cc2ccccc2Br)n1. The maximum Gasteiger partial charge on any atom is 0.0547 e. The number of piperidine rings is 1. The molecular weight excluding hydrogens is 350 g/mol. The maximum absolute atomic E-state index is 4.64. The first-order valence-electron chi connectivity index (χ1n) is 8.33. The van der Waals surface area contributed by atoms with E-state index in [1.807, 2.05) is 0 Å². The number of halogens is 1. The van der Waals surface area contributed by atoms with Gasteiger partial charge in [0.25, 0.3) is 0 Å². The Bertz CT molecular complexity index is 691. The smallest absolute Gasteiger partial charge is 0.0547 e. The third-order valence-electron chi connectivity index (χ3n) is 5.06. The number of rotatable bonds is 4. The van der Waals surface area contributed by atoms with E-state index in [0.29, 0.717) is 12.1 Å². The fourth-order valence-electron chi connectivity index (χ4n) is 3.90. The summed E-state index contributed by atoms with van der Waals surface area (Å²) in [4.78, 5) is 9.88. The van der Waals surface area contributed by atoms with E-state index < -0.39 is 0 Å². The van der Waals surface area contributed by atoms with Gasteiger partial charge in [0, 0.05) is 48.4 Å². The predicted molar refractivity (Wildman–Crippen MR) is 96.1 cm³/mol. The van der Waals surface area contributed by atoms with Gasteiger partial charge in [-0.25, -0.2) is 0 Å². The Labute approximate surface area is 146 Å². The van der Waals surface area contributed by atoms with E-state index in [1.165, 1.54) is 22.2 Å². The van der Waals surface area contributed by atoms with Gasteiger partial charge in [0.05, 0.1) is 5.69 Å². The Morgan fingerprint density at radius 3 is 2.57 bits per heavy atom. The summed E-state index contributed by atoms with van der Waals surface area (Å²) in [7, 11) is 0. The third-order valence-corrected chi connectivity index (χ3v) is 5.84. The lowest BCUT2D eigenvalue weighted by Gasteiger charge is -2.56. The second-order valence-electron chi connectivity index (χ2n) is 6.77. The van der Waals surface area contributed by atoms with Crippen LogP contribution in [0.1, 0.15) is 23.4 Å². The number of aromatic nitrogens is 1. The van der Waals surface area contributed by atoms with E-state index in [4.69, 9.17) is 0 Å². The number of benzene rings is 1. The average molecular weight is 372 g/mol. The third kappa shape index (κ3) is 3.21. The topological polar surface area (TPSA) is 19.4 Å². The molecule has 2 aromatic rings. The molecule has 0 amide bonds. The van der Waals surface area contributed by atoms with Crippen molar-refractivity contribution in [2.75, 3.05) is 13.1 Å². The molecule has 5 rings (SSSR count). The van der Waals surface area contributed by atoms with E-state index in [-0.39, 0.29) is 0 Å². The van der Waals surface area contributed by atoms with Crippen LogP contribution in [0.2, 0.25) is 0 Å². The first-order chi connectivity index (χ1) is 11.2. The standard InChI is InChI=1S/C19H22BrN3/c1-14-5-4-7-16(21-14)11-22-12-17-9-18(13-22)23(17)10-15-6-2-3-8-19(15)20/h2-8,17-18H,9-13H2,1H3. The van der Waals surface area contributed by atoms with Crippen LogP contribution >= 0.6 is 15.9 Å². The lowest BCUT2D eigenvalue weighted by Crippen LogP contribution is -2.67. The molecule has 0 saturated carbocycles. The molecular formula is C19H22BrN3. The zero-order valence-corrected chi connectivity index (χ0v) is 15.0.